The Hall–Kier alpha value is -0.633. The molecule has 2 unspecified atom stereocenters. The Kier molecular flexibility index (Phi) is 8.46. The lowest BCUT2D eigenvalue weighted by atomic mass is 10.1. The van der Waals surface area contributed by atoms with Crippen molar-refractivity contribution in [3.8, 4) is 0 Å². The third kappa shape index (κ3) is 6.77. The zero-order chi connectivity index (χ0) is 16.7. The summed E-state index contributed by atoms with van der Waals surface area (Å²) in [6.45, 7) is 10.7. The number of rotatable bonds is 9. The number of azide groups is 1. The van der Waals surface area contributed by atoms with Gasteiger partial charge in [0.15, 0.2) is 14.6 Å². The molecule has 0 radical (unpaired) electrons. The zero-order valence-electron chi connectivity index (χ0n) is 14.2. The summed E-state index contributed by atoms with van der Waals surface area (Å²) in [5.74, 6) is 0. The molecule has 0 saturated carbocycles. The molecule has 0 aliphatic rings. The maximum absolute atomic E-state index is 10.2. The third-order valence-electron chi connectivity index (χ3n) is 4.02. The van der Waals surface area contributed by atoms with Gasteiger partial charge in [0.25, 0.3) is 0 Å². The van der Waals surface area contributed by atoms with Crippen LogP contribution in [0.25, 0.3) is 10.4 Å². The Morgan fingerprint density at radius 2 is 1.76 bits per heavy atom. The van der Waals surface area contributed by atoms with Gasteiger partial charge in [0, 0.05) is 25.6 Å². The van der Waals surface area contributed by atoms with Gasteiger partial charge >= 0.3 is 0 Å². The van der Waals surface area contributed by atoms with E-state index in [9.17, 15) is 5.11 Å². The van der Waals surface area contributed by atoms with E-state index in [4.69, 9.17) is 19.4 Å². The Balaban J connectivity index is 4.70. The van der Waals surface area contributed by atoms with Gasteiger partial charge in [-0.05, 0) is 23.7 Å². The fraction of sp³-hybridized carbons (Fsp3) is 1.00. The Morgan fingerprint density at radius 1 is 1.24 bits per heavy atom. The molecule has 0 rings (SSSR count). The fourth-order valence-electron chi connectivity index (χ4n) is 1.45. The van der Waals surface area contributed by atoms with Crippen molar-refractivity contribution in [2.24, 2.45) is 5.11 Å². The predicted molar refractivity (Wildman–Crippen MR) is 84.5 cm³/mol. The Labute approximate surface area is 128 Å². The fourth-order valence-corrected chi connectivity index (χ4v) is 2.48. The van der Waals surface area contributed by atoms with Crippen LogP contribution in [0.4, 0.5) is 0 Å². The zero-order valence-corrected chi connectivity index (χ0v) is 15.2. The second-order valence-corrected chi connectivity index (χ2v) is 11.4. The molecule has 7 nitrogen and oxygen atoms in total. The van der Waals surface area contributed by atoms with Gasteiger partial charge < -0.3 is 19.0 Å². The largest absolute Gasteiger partial charge is 0.414 e. The van der Waals surface area contributed by atoms with Gasteiger partial charge in [0.2, 0.25) is 0 Å². The smallest absolute Gasteiger partial charge is 0.192 e. The summed E-state index contributed by atoms with van der Waals surface area (Å²) in [6.07, 6.45) is -1.13. The van der Waals surface area contributed by atoms with E-state index in [0.717, 1.165) is 0 Å². The Morgan fingerprint density at radius 3 is 2.14 bits per heavy atom. The van der Waals surface area contributed by atoms with Crippen molar-refractivity contribution in [2.75, 3.05) is 20.8 Å². The van der Waals surface area contributed by atoms with Gasteiger partial charge in [-0.2, -0.15) is 0 Å². The van der Waals surface area contributed by atoms with Gasteiger partial charge in [-0.25, -0.2) is 0 Å². The van der Waals surface area contributed by atoms with Crippen LogP contribution in [0, 0.1) is 0 Å². The minimum Gasteiger partial charge on any atom is -0.414 e. The number of aliphatic hydroxyl groups is 1. The molecule has 0 aliphatic carbocycles. The van der Waals surface area contributed by atoms with Crippen LogP contribution in [0.15, 0.2) is 5.11 Å². The van der Waals surface area contributed by atoms with E-state index < -0.39 is 26.8 Å². The van der Waals surface area contributed by atoms with Gasteiger partial charge in [0.1, 0.15) is 0 Å². The van der Waals surface area contributed by atoms with E-state index in [2.05, 4.69) is 43.9 Å². The van der Waals surface area contributed by atoms with E-state index in [-0.39, 0.29) is 18.1 Å². The second kappa shape index (κ2) is 8.72. The molecule has 0 spiro atoms. The predicted octanol–water partition coefficient (Wildman–Crippen LogP) is 3.06. The summed E-state index contributed by atoms with van der Waals surface area (Å²) in [6, 6.07) is -0.648. The first-order valence-corrected chi connectivity index (χ1v) is 9.91. The molecule has 8 heteroatoms. The molecule has 21 heavy (non-hydrogen) atoms. The maximum atomic E-state index is 10.2. The molecule has 0 heterocycles. The molecular weight excluding hydrogens is 290 g/mol. The second-order valence-electron chi connectivity index (χ2n) is 6.55. The molecule has 0 aromatic carbocycles. The number of hydrogen-bond donors (Lipinski definition) is 1. The van der Waals surface area contributed by atoms with E-state index in [1.54, 1.807) is 0 Å². The first kappa shape index (κ1) is 20.4. The maximum Gasteiger partial charge on any atom is 0.192 e. The van der Waals surface area contributed by atoms with E-state index in [1.165, 1.54) is 14.2 Å². The van der Waals surface area contributed by atoms with Gasteiger partial charge in [-0.1, -0.05) is 25.9 Å². The summed E-state index contributed by atoms with van der Waals surface area (Å²) >= 11 is 0. The normalized spacial score (nSPS) is 15.7. The Bertz CT molecular complexity index is 350. The van der Waals surface area contributed by atoms with Crippen LogP contribution < -0.4 is 0 Å². The third-order valence-corrected chi connectivity index (χ3v) is 8.53. The number of nitrogens with zero attached hydrogens (tertiary/aromatic N) is 3. The SMILES string of the molecule is COC(CC(N=[N+]=[N-])C(O)CO[Si](C)(C)C(C)(C)C)OC. The summed E-state index contributed by atoms with van der Waals surface area (Å²) < 4.78 is 16.1. The molecule has 0 aromatic rings. The van der Waals surface area contributed by atoms with Gasteiger partial charge in [-0.15, -0.1) is 0 Å². The van der Waals surface area contributed by atoms with Crippen molar-refractivity contribution in [2.45, 2.75) is 63.8 Å². The average molecular weight is 319 g/mol. The molecule has 0 aromatic heterocycles. The highest BCUT2D eigenvalue weighted by atomic mass is 28.4. The topological polar surface area (TPSA) is 96.7 Å². The van der Waals surface area contributed by atoms with Crippen LogP contribution >= 0.6 is 0 Å². The van der Waals surface area contributed by atoms with Crippen molar-refractivity contribution in [3.63, 3.8) is 0 Å². The number of hydrogen-bond acceptors (Lipinski definition) is 5. The molecule has 0 saturated heterocycles. The quantitative estimate of drug-likeness (QED) is 0.232. The first-order valence-electron chi connectivity index (χ1n) is 7.01. The monoisotopic (exact) mass is 319 g/mol. The van der Waals surface area contributed by atoms with Crippen LogP contribution in [0.5, 0.6) is 0 Å². The van der Waals surface area contributed by atoms with Crippen molar-refractivity contribution < 1.29 is 19.0 Å². The van der Waals surface area contributed by atoms with E-state index in [0.29, 0.717) is 0 Å². The molecule has 0 fully saturated rings. The molecule has 2 atom stereocenters. The average Bonchev–Trinajstić information content (AvgIpc) is 2.39. The molecular formula is C13H29N3O4Si. The minimum atomic E-state index is -1.95. The highest BCUT2D eigenvalue weighted by Gasteiger charge is 2.38. The molecule has 0 aliphatic heterocycles. The van der Waals surface area contributed by atoms with E-state index in [1.807, 2.05) is 0 Å². The van der Waals surface area contributed by atoms with Gasteiger partial charge in [-0.3, -0.25) is 0 Å². The molecule has 1 N–H and O–H groups in total. The number of ether oxygens (including phenoxy) is 2. The number of methoxy groups -OCH3 is 2. The standard InChI is InChI=1S/C13H29N3O4Si/c1-13(2,3)21(6,7)20-9-11(17)10(15-16-14)8-12(18-4)19-5/h10-12,17H,8-9H2,1-7H3. The lowest BCUT2D eigenvalue weighted by Crippen LogP contribution is -2.44. The van der Waals surface area contributed by atoms with Crippen LogP contribution in [-0.2, 0) is 13.9 Å². The highest BCUT2D eigenvalue weighted by Crippen LogP contribution is 2.36. The summed E-state index contributed by atoms with van der Waals surface area (Å²) in [5, 5.41) is 13.9. The van der Waals surface area contributed by atoms with Gasteiger partial charge in [0.05, 0.1) is 18.8 Å². The van der Waals surface area contributed by atoms with Crippen LogP contribution in [0.2, 0.25) is 18.1 Å². The first-order chi connectivity index (χ1) is 9.59. The summed E-state index contributed by atoms with van der Waals surface area (Å²) in [7, 11) is 1.05. The van der Waals surface area contributed by atoms with Crippen molar-refractivity contribution in [1.82, 2.24) is 0 Å². The van der Waals surface area contributed by atoms with Crippen LogP contribution in [-0.4, -0.2) is 52.7 Å². The molecule has 0 bridgehead atoms. The van der Waals surface area contributed by atoms with Crippen LogP contribution in [0.3, 0.4) is 0 Å². The van der Waals surface area contributed by atoms with Crippen molar-refractivity contribution in [3.05, 3.63) is 10.4 Å². The van der Waals surface area contributed by atoms with Crippen molar-refractivity contribution in [1.29, 1.82) is 0 Å². The summed E-state index contributed by atoms with van der Waals surface area (Å²) in [4.78, 5) is 2.78. The summed E-state index contributed by atoms with van der Waals surface area (Å²) in [5.41, 5.74) is 8.63. The van der Waals surface area contributed by atoms with Crippen molar-refractivity contribution >= 4 is 8.32 Å². The molecule has 0 amide bonds. The minimum absolute atomic E-state index is 0.0578. The molecule has 124 valence electrons. The van der Waals surface area contributed by atoms with E-state index >= 15 is 0 Å². The number of aliphatic hydroxyl groups excluding tert-OH is 1. The lowest BCUT2D eigenvalue weighted by molar-refractivity contribution is -0.115. The lowest BCUT2D eigenvalue weighted by Gasteiger charge is -2.37. The van der Waals surface area contributed by atoms with Crippen LogP contribution in [0.1, 0.15) is 27.2 Å². The highest BCUT2D eigenvalue weighted by molar-refractivity contribution is 6.74.